The Kier molecular flexibility index (Phi) is 1.71. The molecule has 0 aromatic rings. The zero-order valence-corrected chi connectivity index (χ0v) is 5.63. The largest absolute Gasteiger partial charge is 0.341 e. The molecule has 1 fully saturated rings. The molecule has 3 nitrogen and oxygen atoms in total. The van der Waals surface area contributed by atoms with Gasteiger partial charge in [0, 0.05) is 26.1 Å². The average Bonchev–Trinajstić information content (AvgIpc) is 2.14. The van der Waals surface area contributed by atoms with Gasteiger partial charge in [-0.25, -0.2) is 0 Å². The summed E-state index contributed by atoms with van der Waals surface area (Å²) in [6.45, 7) is 3.17. The minimum Gasteiger partial charge on any atom is -0.341 e. The Balaban J connectivity index is 2.39. The van der Waals surface area contributed by atoms with E-state index in [2.05, 4.69) is 0 Å². The van der Waals surface area contributed by atoms with Gasteiger partial charge in [-0.2, -0.15) is 0 Å². The molecule has 0 radical (unpaired) electrons. The highest BCUT2D eigenvalue weighted by molar-refractivity contribution is 5.73. The first kappa shape index (κ1) is 6.55. The van der Waals surface area contributed by atoms with Crippen LogP contribution in [0.2, 0.25) is 0 Å². The SMILES string of the molecule is CC(=O)N1CCC(N)C1. The summed E-state index contributed by atoms with van der Waals surface area (Å²) < 4.78 is 0. The lowest BCUT2D eigenvalue weighted by Crippen LogP contribution is -2.29. The second kappa shape index (κ2) is 2.35. The third-order valence-electron chi connectivity index (χ3n) is 1.67. The third kappa shape index (κ3) is 1.42. The second-order valence-electron chi connectivity index (χ2n) is 2.51. The summed E-state index contributed by atoms with van der Waals surface area (Å²) in [6.07, 6.45) is 0.958. The molecule has 0 aromatic carbocycles. The van der Waals surface area contributed by atoms with Crippen molar-refractivity contribution in [2.45, 2.75) is 19.4 Å². The molecule has 0 aliphatic carbocycles. The third-order valence-corrected chi connectivity index (χ3v) is 1.67. The molecule has 0 spiro atoms. The maximum absolute atomic E-state index is 10.7. The van der Waals surface area contributed by atoms with Gasteiger partial charge in [0.05, 0.1) is 0 Å². The zero-order valence-electron chi connectivity index (χ0n) is 5.63. The smallest absolute Gasteiger partial charge is 0.219 e. The van der Waals surface area contributed by atoms with Gasteiger partial charge >= 0.3 is 0 Å². The van der Waals surface area contributed by atoms with Gasteiger partial charge in [-0.1, -0.05) is 0 Å². The highest BCUT2D eigenvalue weighted by Crippen LogP contribution is 2.05. The number of carbonyl (C=O) groups excluding carboxylic acids is 1. The number of nitrogens with zero attached hydrogens (tertiary/aromatic N) is 1. The predicted octanol–water partition coefficient (Wildman–Crippen LogP) is -0.434. The first-order valence-corrected chi connectivity index (χ1v) is 3.21. The average molecular weight is 128 g/mol. The lowest BCUT2D eigenvalue weighted by molar-refractivity contribution is -0.127. The molecule has 9 heavy (non-hydrogen) atoms. The summed E-state index contributed by atoms with van der Waals surface area (Å²) in [6, 6.07) is 0.217. The van der Waals surface area contributed by atoms with Gasteiger partial charge in [-0.3, -0.25) is 4.79 Å². The quantitative estimate of drug-likeness (QED) is 0.481. The van der Waals surface area contributed by atoms with Crippen LogP contribution in [-0.4, -0.2) is 29.9 Å². The molecule has 1 amide bonds. The summed E-state index contributed by atoms with van der Waals surface area (Å²) in [5, 5.41) is 0. The van der Waals surface area contributed by atoms with Crippen LogP contribution in [0, 0.1) is 0 Å². The first-order valence-electron chi connectivity index (χ1n) is 3.21. The number of hydrogen-bond donors (Lipinski definition) is 1. The number of rotatable bonds is 0. The van der Waals surface area contributed by atoms with E-state index in [1.165, 1.54) is 0 Å². The summed E-state index contributed by atoms with van der Waals surface area (Å²) in [5.41, 5.74) is 5.57. The van der Waals surface area contributed by atoms with Crippen LogP contribution < -0.4 is 5.73 Å². The van der Waals surface area contributed by atoms with E-state index >= 15 is 0 Å². The molecule has 52 valence electrons. The Morgan fingerprint density at radius 3 is 2.67 bits per heavy atom. The van der Waals surface area contributed by atoms with Crippen molar-refractivity contribution in [3.05, 3.63) is 0 Å². The highest BCUT2D eigenvalue weighted by atomic mass is 16.2. The molecule has 1 aliphatic heterocycles. The summed E-state index contributed by atoms with van der Waals surface area (Å²) >= 11 is 0. The van der Waals surface area contributed by atoms with E-state index in [9.17, 15) is 4.79 Å². The Bertz CT molecular complexity index is 124. The van der Waals surface area contributed by atoms with Gasteiger partial charge in [-0.15, -0.1) is 0 Å². The van der Waals surface area contributed by atoms with Crippen LogP contribution in [0.4, 0.5) is 0 Å². The van der Waals surface area contributed by atoms with Crippen LogP contribution in [0.3, 0.4) is 0 Å². The highest BCUT2D eigenvalue weighted by Gasteiger charge is 2.20. The summed E-state index contributed by atoms with van der Waals surface area (Å²) in [4.78, 5) is 12.4. The molecule has 1 rings (SSSR count). The molecular formula is C6H12N2O. The van der Waals surface area contributed by atoms with Crippen LogP contribution in [-0.2, 0) is 4.79 Å². The van der Waals surface area contributed by atoms with Crippen molar-refractivity contribution in [3.8, 4) is 0 Å². The summed E-state index contributed by atoms with van der Waals surface area (Å²) in [7, 11) is 0. The fourth-order valence-corrected chi connectivity index (χ4v) is 1.07. The van der Waals surface area contributed by atoms with E-state index in [4.69, 9.17) is 5.73 Å². The molecule has 3 heteroatoms. The Morgan fingerprint density at radius 1 is 1.78 bits per heavy atom. The van der Waals surface area contributed by atoms with Crippen molar-refractivity contribution < 1.29 is 4.79 Å². The number of carbonyl (C=O) groups is 1. The summed E-state index contributed by atoms with van der Waals surface area (Å²) in [5.74, 6) is 0.142. The molecule has 1 heterocycles. The van der Waals surface area contributed by atoms with Crippen LogP contribution in [0.1, 0.15) is 13.3 Å². The van der Waals surface area contributed by atoms with E-state index in [1.807, 2.05) is 0 Å². The molecule has 0 bridgehead atoms. The zero-order chi connectivity index (χ0) is 6.85. The fourth-order valence-electron chi connectivity index (χ4n) is 1.07. The minimum absolute atomic E-state index is 0.142. The Morgan fingerprint density at radius 2 is 2.44 bits per heavy atom. The molecule has 1 atom stereocenters. The van der Waals surface area contributed by atoms with Crippen LogP contribution in [0.5, 0.6) is 0 Å². The van der Waals surface area contributed by atoms with E-state index in [0.29, 0.717) is 0 Å². The molecule has 1 aliphatic rings. The number of likely N-dealkylation sites (tertiary alicyclic amines) is 1. The molecule has 0 aromatic heterocycles. The Labute approximate surface area is 54.8 Å². The standard InChI is InChI=1S/C6H12N2O/c1-5(9)8-3-2-6(7)4-8/h6H,2-4,7H2,1H3. The van der Waals surface area contributed by atoms with Gasteiger partial charge in [0.15, 0.2) is 0 Å². The molecule has 1 saturated heterocycles. The molecular weight excluding hydrogens is 116 g/mol. The van der Waals surface area contributed by atoms with Crippen LogP contribution in [0.15, 0.2) is 0 Å². The Hall–Kier alpha value is -0.570. The van der Waals surface area contributed by atoms with Crippen LogP contribution in [0.25, 0.3) is 0 Å². The van der Waals surface area contributed by atoms with Gasteiger partial charge in [0.2, 0.25) is 5.91 Å². The maximum atomic E-state index is 10.7. The lowest BCUT2D eigenvalue weighted by atomic mass is 10.3. The first-order chi connectivity index (χ1) is 4.20. The topological polar surface area (TPSA) is 46.3 Å². The minimum atomic E-state index is 0.142. The van der Waals surface area contributed by atoms with Crippen molar-refractivity contribution in [1.82, 2.24) is 4.90 Å². The van der Waals surface area contributed by atoms with E-state index in [-0.39, 0.29) is 11.9 Å². The van der Waals surface area contributed by atoms with Crippen molar-refractivity contribution in [2.75, 3.05) is 13.1 Å². The van der Waals surface area contributed by atoms with Crippen molar-refractivity contribution >= 4 is 5.91 Å². The molecule has 2 N–H and O–H groups in total. The van der Waals surface area contributed by atoms with Crippen molar-refractivity contribution in [2.24, 2.45) is 5.73 Å². The van der Waals surface area contributed by atoms with Crippen molar-refractivity contribution in [1.29, 1.82) is 0 Å². The van der Waals surface area contributed by atoms with E-state index in [1.54, 1.807) is 11.8 Å². The second-order valence-corrected chi connectivity index (χ2v) is 2.51. The number of amides is 1. The lowest BCUT2D eigenvalue weighted by Gasteiger charge is -2.11. The van der Waals surface area contributed by atoms with Crippen molar-refractivity contribution in [3.63, 3.8) is 0 Å². The molecule has 0 saturated carbocycles. The monoisotopic (exact) mass is 128 g/mol. The van der Waals surface area contributed by atoms with Gasteiger partial charge in [-0.05, 0) is 6.42 Å². The van der Waals surface area contributed by atoms with E-state index in [0.717, 1.165) is 19.5 Å². The molecule has 1 unspecified atom stereocenters. The maximum Gasteiger partial charge on any atom is 0.219 e. The normalized spacial score (nSPS) is 26.9. The van der Waals surface area contributed by atoms with Gasteiger partial charge in [0.1, 0.15) is 0 Å². The fraction of sp³-hybridized carbons (Fsp3) is 0.833. The van der Waals surface area contributed by atoms with Crippen LogP contribution >= 0.6 is 0 Å². The predicted molar refractivity (Wildman–Crippen MR) is 34.8 cm³/mol. The van der Waals surface area contributed by atoms with E-state index < -0.39 is 0 Å². The number of nitrogens with two attached hydrogens (primary N) is 1. The van der Waals surface area contributed by atoms with Gasteiger partial charge < -0.3 is 10.6 Å². The number of hydrogen-bond acceptors (Lipinski definition) is 2. The van der Waals surface area contributed by atoms with Gasteiger partial charge in [0.25, 0.3) is 0 Å².